The molecule has 0 spiro atoms. The van der Waals surface area contributed by atoms with Crippen LogP contribution in [0.3, 0.4) is 0 Å². The summed E-state index contributed by atoms with van der Waals surface area (Å²) in [4.78, 5) is 25.0. The molecule has 2 amide bonds. The zero-order chi connectivity index (χ0) is 20.5. The smallest absolute Gasteiger partial charge is 0.413 e. The summed E-state index contributed by atoms with van der Waals surface area (Å²) >= 11 is 0. The third kappa shape index (κ3) is 5.99. The van der Waals surface area contributed by atoms with E-state index in [1.54, 1.807) is 21.1 Å². The van der Waals surface area contributed by atoms with Gasteiger partial charge in [-0.3, -0.25) is 15.0 Å². The second-order valence-electron chi connectivity index (χ2n) is 6.33. The topological polar surface area (TPSA) is 77.1 Å². The molecular weight excluding hydrogens is 360 g/mol. The van der Waals surface area contributed by atoms with E-state index in [4.69, 9.17) is 9.47 Å². The van der Waals surface area contributed by atoms with Crippen LogP contribution < -0.4 is 14.8 Å². The van der Waals surface area contributed by atoms with Crippen molar-refractivity contribution in [2.75, 3.05) is 21.3 Å². The summed E-state index contributed by atoms with van der Waals surface area (Å²) in [7, 11) is 4.60. The van der Waals surface area contributed by atoms with Gasteiger partial charge in [0.1, 0.15) is 6.61 Å². The van der Waals surface area contributed by atoms with Crippen LogP contribution in [0.5, 0.6) is 11.5 Å². The Hall–Kier alpha value is -3.06. The lowest BCUT2D eigenvalue weighted by Gasteiger charge is -2.23. The average molecular weight is 386 g/mol. The van der Waals surface area contributed by atoms with Gasteiger partial charge in [0.05, 0.1) is 20.3 Å². The van der Waals surface area contributed by atoms with Crippen LogP contribution in [0.1, 0.15) is 18.1 Å². The Morgan fingerprint density at radius 3 is 2.39 bits per heavy atom. The van der Waals surface area contributed by atoms with Crippen LogP contribution in [0, 0.1) is 0 Å². The molecule has 0 fully saturated rings. The maximum atomic E-state index is 12.0. The SMILES string of the molecule is COC(=O)NC(=O)[C@@H](C)N(C)Cc1ccc(OCc2ccccc2)c(OC)c1. The number of carbonyl (C=O) groups is 2. The van der Waals surface area contributed by atoms with Crippen molar-refractivity contribution in [3.05, 3.63) is 59.7 Å². The number of carbonyl (C=O) groups excluding carboxylic acids is 2. The van der Waals surface area contributed by atoms with Gasteiger partial charge in [0.15, 0.2) is 11.5 Å². The summed E-state index contributed by atoms with van der Waals surface area (Å²) in [5.74, 6) is 0.840. The van der Waals surface area contributed by atoms with Gasteiger partial charge >= 0.3 is 6.09 Å². The molecule has 2 aromatic carbocycles. The highest BCUT2D eigenvalue weighted by Gasteiger charge is 2.20. The molecule has 0 aliphatic rings. The zero-order valence-electron chi connectivity index (χ0n) is 16.6. The summed E-state index contributed by atoms with van der Waals surface area (Å²) in [5, 5.41) is 2.17. The van der Waals surface area contributed by atoms with Gasteiger partial charge in [-0.15, -0.1) is 0 Å². The number of amides is 2. The number of nitrogens with one attached hydrogen (secondary N) is 1. The quantitative estimate of drug-likeness (QED) is 0.752. The van der Waals surface area contributed by atoms with Crippen molar-refractivity contribution in [3.63, 3.8) is 0 Å². The maximum absolute atomic E-state index is 12.0. The molecule has 0 saturated heterocycles. The summed E-state index contributed by atoms with van der Waals surface area (Å²) < 4.78 is 15.8. The van der Waals surface area contributed by atoms with Gasteiger partial charge in [0.2, 0.25) is 5.91 Å². The van der Waals surface area contributed by atoms with Gasteiger partial charge in [-0.25, -0.2) is 4.79 Å². The van der Waals surface area contributed by atoms with Crippen LogP contribution in [-0.2, 0) is 22.7 Å². The Kier molecular flexibility index (Phi) is 7.83. The van der Waals surface area contributed by atoms with E-state index < -0.39 is 18.0 Å². The van der Waals surface area contributed by atoms with Crippen LogP contribution >= 0.6 is 0 Å². The number of ether oxygens (including phenoxy) is 3. The van der Waals surface area contributed by atoms with E-state index in [2.05, 4.69) is 10.1 Å². The minimum atomic E-state index is -0.771. The first-order chi connectivity index (χ1) is 13.4. The molecule has 0 aliphatic heterocycles. The molecule has 0 saturated carbocycles. The summed E-state index contributed by atoms with van der Waals surface area (Å²) in [6.45, 7) is 2.65. The van der Waals surface area contributed by atoms with Crippen LogP contribution in [0.4, 0.5) is 4.79 Å². The van der Waals surface area contributed by atoms with Crippen molar-refractivity contribution in [2.45, 2.75) is 26.1 Å². The van der Waals surface area contributed by atoms with E-state index in [0.717, 1.165) is 11.1 Å². The summed E-state index contributed by atoms with van der Waals surface area (Å²) in [6.07, 6.45) is -0.771. The van der Waals surface area contributed by atoms with E-state index >= 15 is 0 Å². The number of likely N-dealkylation sites (N-methyl/N-ethyl adjacent to an activating group) is 1. The van der Waals surface area contributed by atoms with Crippen molar-refractivity contribution in [1.82, 2.24) is 10.2 Å². The van der Waals surface area contributed by atoms with Gasteiger partial charge < -0.3 is 14.2 Å². The molecular formula is C21H26N2O5. The van der Waals surface area contributed by atoms with E-state index in [1.807, 2.05) is 53.4 Å². The highest BCUT2D eigenvalue weighted by atomic mass is 16.5. The molecule has 0 unspecified atom stereocenters. The third-order valence-electron chi connectivity index (χ3n) is 4.35. The molecule has 1 atom stereocenters. The van der Waals surface area contributed by atoms with E-state index in [1.165, 1.54) is 7.11 Å². The molecule has 2 aromatic rings. The predicted octanol–water partition coefficient (Wildman–Crippen LogP) is 2.98. The van der Waals surface area contributed by atoms with Gasteiger partial charge in [0.25, 0.3) is 0 Å². The standard InChI is InChI=1S/C21H26N2O5/c1-15(20(24)22-21(25)27-4)23(2)13-17-10-11-18(19(12-17)26-3)28-14-16-8-6-5-7-9-16/h5-12,15H,13-14H2,1-4H3,(H,22,24,25)/t15-/m1/s1. The van der Waals surface area contributed by atoms with Gasteiger partial charge in [0, 0.05) is 6.54 Å². The van der Waals surface area contributed by atoms with E-state index in [-0.39, 0.29) is 0 Å². The molecule has 7 heteroatoms. The fourth-order valence-corrected chi connectivity index (χ4v) is 2.55. The van der Waals surface area contributed by atoms with Crippen molar-refractivity contribution < 1.29 is 23.8 Å². The number of hydrogen-bond donors (Lipinski definition) is 1. The van der Waals surface area contributed by atoms with Gasteiger partial charge in [-0.2, -0.15) is 0 Å². The van der Waals surface area contributed by atoms with E-state index in [9.17, 15) is 9.59 Å². The molecule has 0 aromatic heterocycles. The highest BCUT2D eigenvalue weighted by Crippen LogP contribution is 2.29. The number of benzene rings is 2. The average Bonchev–Trinajstić information content (AvgIpc) is 2.72. The number of methoxy groups -OCH3 is 2. The molecule has 0 bridgehead atoms. The van der Waals surface area contributed by atoms with Gasteiger partial charge in [-0.1, -0.05) is 36.4 Å². The Balaban J connectivity index is 2.00. The summed E-state index contributed by atoms with van der Waals surface area (Å²) in [5.41, 5.74) is 2.02. The number of nitrogens with zero attached hydrogens (tertiary/aromatic N) is 1. The molecule has 2 rings (SSSR count). The first-order valence-corrected chi connectivity index (χ1v) is 8.87. The Morgan fingerprint density at radius 1 is 1.04 bits per heavy atom. The van der Waals surface area contributed by atoms with Crippen LogP contribution in [0.15, 0.2) is 48.5 Å². The van der Waals surface area contributed by atoms with Crippen molar-refractivity contribution >= 4 is 12.0 Å². The van der Waals surface area contributed by atoms with Gasteiger partial charge in [-0.05, 0) is 37.2 Å². The van der Waals surface area contributed by atoms with Crippen molar-refractivity contribution in [3.8, 4) is 11.5 Å². The number of alkyl carbamates (subject to hydrolysis) is 1. The minimum absolute atomic E-state index is 0.427. The predicted molar refractivity (Wildman–Crippen MR) is 105 cm³/mol. The fraction of sp³-hybridized carbons (Fsp3) is 0.333. The second-order valence-corrected chi connectivity index (χ2v) is 6.33. The van der Waals surface area contributed by atoms with Crippen LogP contribution in [0.25, 0.3) is 0 Å². The first-order valence-electron chi connectivity index (χ1n) is 8.87. The molecule has 0 radical (unpaired) electrons. The number of hydrogen-bond acceptors (Lipinski definition) is 6. The molecule has 150 valence electrons. The maximum Gasteiger partial charge on any atom is 0.413 e. The highest BCUT2D eigenvalue weighted by molar-refractivity contribution is 5.94. The van der Waals surface area contributed by atoms with Crippen molar-refractivity contribution in [2.24, 2.45) is 0 Å². The van der Waals surface area contributed by atoms with Crippen LogP contribution in [-0.4, -0.2) is 44.2 Å². The van der Waals surface area contributed by atoms with Crippen molar-refractivity contribution in [1.29, 1.82) is 0 Å². The number of imide groups is 1. The monoisotopic (exact) mass is 386 g/mol. The lowest BCUT2D eigenvalue weighted by molar-refractivity contribution is -0.124. The lowest BCUT2D eigenvalue weighted by Crippen LogP contribution is -2.45. The molecule has 28 heavy (non-hydrogen) atoms. The Labute approximate surface area is 165 Å². The van der Waals surface area contributed by atoms with E-state index in [0.29, 0.717) is 24.7 Å². The zero-order valence-corrected chi connectivity index (χ0v) is 16.6. The molecule has 0 heterocycles. The Bertz CT molecular complexity index is 795. The molecule has 7 nitrogen and oxygen atoms in total. The van der Waals surface area contributed by atoms with Crippen LogP contribution in [0.2, 0.25) is 0 Å². The number of rotatable bonds is 8. The first kappa shape index (κ1) is 21.2. The molecule has 1 N–H and O–H groups in total. The second kappa shape index (κ2) is 10.3. The third-order valence-corrected chi connectivity index (χ3v) is 4.35. The minimum Gasteiger partial charge on any atom is -0.493 e. The normalized spacial score (nSPS) is 11.6. The lowest BCUT2D eigenvalue weighted by atomic mass is 10.1. The largest absolute Gasteiger partial charge is 0.493 e. The summed E-state index contributed by atoms with van der Waals surface area (Å²) in [6, 6.07) is 15.0. The Morgan fingerprint density at radius 2 is 1.75 bits per heavy atom. The fourth-order valence-electron chi connectivity index (χ4n) is 2.55. The molecule has 0 aliphatic carbocycles.